The molecule has 1 saturated heterocycles. The Morgan fingerprint density at radius 2 is 1.94 bits per heavy atom. The summed E-state index contributed by atoms with van der Waals surface area (Å²) in [5.74, 6) is -0.290. The Labute approximate surface area is 197 Å². The van der Waals surface area contributed by atoms with Crippen molar-refractivity contribution in [2.24, 2.45) is 23.0 Å². The first-order chi connectivity index (χ1) is 15.2. The average Bonchev–Trinajstić information content (AvgIpc) is 3.28. The summed E-state index contributed by atoms with van der Waals surface area (Å²) in [6.07, 6.45) is 6.25. The van der Waals surface area contributed by atoms with Gasteiger partial charge in [0.25, 0.3) is 0 Å². The zero-order valence-electron chi connectivity index (χ0n) is 17.9. The third-order valence-corrected chi connectivity index (χ3v) is 10.5. The predicted octanol–water partition coefficient (Wildman–Crippen LogP) is 3.35. The highest BCUT2D eigenvalue weighted by molar-refractivity contribution is 7.91. The fourth-order valence-electron chi connectivity index (χ4n) is 5.54. The SMILES string of the molecule is NC(=O)C1CCN(C(=O)OC[C@@]23CCCC[C@@H](CC2)[C@@H]3NS(=O)(=O)c2ccc(Cl)s2)CC1. The number of carbonyl (C=O) groups excluding carboxylic acids is 2. The molecule has 2 heterocycles. The Bertz CT molecular complexity index is 960. The topological polar surface area (TPSA) is 119 Å². The molecule has 2 bridgehead atoms. The molecule has 0 unspecified atom stereocenters. The highest BCUT2D eigenvalue weighted by Gasteiger charge is 2.51. The van der Waals surface area contributed by atoms with E-state index in [1.807, 2.05) is 0 Å². The first-order valence-corrected chi connectivity index (χ1v) is 13.9. The molecule has 178 valence electrons. The number of ether oxygens (including phenoxy) is 1. The lowest BCUT2D eigenvalue weighted by atomic mass is 9.79. The lowest BCUT2D eigenvalue weighted by Gasteiger charge is -2.37. The number of carbonyl (C=O) groups is 2. The molecule has 3 fully saturated rings. The van der Waals surface area contributed by atoms with E-state index in [0.29, 0.717) is 30.3 Å². The Morgan fingerprint density at radius 3 is 2.59 bits per heavy atom. The van der Waals surface area contributed by atoms with E-state index in [1.165, 1.54) is 6.07 Å². The van der Waals surface area contributed by atoms with Crippen molar-refractivity contribution >= 4 is 45.0 Å². The van der Waals surface area contributed by atoms with Crippen LogP contribution in [0.25, 0.3) is 0 Å². The summed E-state index contributed by atoms with van der Waals surface area (Å²) < 4.78 is 35.4. The van der Waals surface area contributed by atoms with Crippen molar-refractivity contribution in [3.05, 3.63) is 16.5 Å². The van der Waals surface area contributed by atoms with Crippen LogP contribution in [-0.4, -0.2) is 51.1 Å². The molecule has 2 saturated carbocycles. The third kappa shape index (κ3) is 4.93. The molecule has 4 rings (SSSR count). The minimum atomic E-state index is -3.70. The van der Waals surface area contributed by atoms with Crippen LogP contribution in [0.3, 0.4) is 0 Å². The number of nitrogens with zero attached hydrogens (tertiary/aromatic N) is 1. The molecule has 2 aliphatic carbocycles. The van der Waals surface area contributed by atoms with E-state index in [4.69, 9.17) is 22.1 Å². The Hall–Kier alpha value is -1.36. The molecular weight excluding hydrogens is 474 g/mol. The number of rotatable bonds is 6. The number of hydrogen-bond donors (Lipinski definition) is 2. The predicted molar refractivity (Wildman–Crippen MR) is 122 cm³/mol. The minimum absolute atomic E-state index is 0.191. The van der Waals surface area contributed by atoms with Crippen molar-refractivity contribution in [1.82, 2.24) is 9.62 Å². The number of hydrogen-bond acceptors (Lipinski definition) is 6. The number of sulfonamides is 1. The van der Waals surface area contributed by atoms with Gasteiger partial charge in [0.15, 0.2) is 0 Å². The molecule has 8 nitrogen and oxygen atoms in total. The van der Waals surface area contributed by atoms with Gasteiger partial charge in [0, 0.05) is 30.5 Å². The first kappa shape index (κ1) is 23.8. The van der Waals surface area contributed by atoms with Crippen LogP contribution in [0.4, 0.5) is 4.79 Å². The minimum Gasteiger partial charge on any atom is -0.449 e. The molecule has 1 aliphatic heterocycles. The van der Waals surface area contributed by atoms with Gasteiger partial charge in [-0.1, -0.05) is 24.4 Å². The number of halogens is 1. The van der Waals surface area contributed by atoms with Crippen molar-refractivity contribution < 1.29 is 22.7 Å². The number of primary amides is 1. The molecule has 0 aromatic carbocycles. The van der Waals surface area contributed by atoms with Gasteiger partial charge in [-0.3, -0.25) is 4.79 Å². The lowest BCUT2D eigenvalue weighted by Crippen LogP contribution is -2.50. The molecule has 0 radical (unpaired) electrons. The van der Waals surface area contributed by atoms with Crippen LogP contribution >= 0.6 is 22.9 Å². The number of amides is 2. The molecule has 3 atom stereocenters. The van der Waals surface area contributed by atoms with E-state index < -0.39 is 21.5 Å². The van der Waals surface area contributed by atoms with Gasteiger partial charge in [-0.15, -0.1) is 11.3 Å². The van der Waals surface area contributed by atoms with Gasteiger partial charge in [0.2, 0.25) is 15.9 Å². The van der Waals surface area contributed by atoms with Gasteiger partial charge in [-0.2, -0.15) is 0 Å². The van der Waals surface area contributed by atoms with Crippen molar-refractivity contribution in [3.8, 4) is 0 Å². The molecule has 11 heteroatoms. The molecule has 3 aliphatic rings. The van der Waals surface area contributed by atoms with E-state index in [-0.39, 0.29) is 34.6 Å². The van der Waals surface area contributed by atoms with E-state index in [2.05, 4.69) is 4.72 Å². The summed E-state index contributed by atoms with van der Waals surface area (Å²) in [6, 6.07) is 2.84. The van der Waals surface area contributed by atoms with E-state index in [0.717, 1.165) is 49.9 Å². The summed E-state index contributed by atoms with van der Waals surface area (Å²) in [5.41, 5.74) is 4.97. The smallest absolute Gasteiger partial charge is 0.409 e. The largest absolute Gasteiger partial charge is 0.449 e. The second-order valence-corrected chi connectivity index (χ2v) is 12.9. The van der Waals surface area contributed by atoms with E-state index >= 15 is 0 Å². The molecule has 0 spiro atoms. The van der Waals surface area contributed by atoms with E-state index in [1.54, 1.807) is 11.0 Å². The number of nitrogens with two attached hydrogens (primary N) is 1. The van der Waals surface area contributed by atoms with Gasteiger partial charge < -0.3 is 15.4 Å². The molecular formula is C21H30ClN3O5S2. The number of nitrogens with one attached hydrogen (secondary N) is 1. The monoisotopic (exact) mass is 503 g/mol. The van der Waals surface area contributed by atoms with Crippen molar-refractivity contribution in [1.29, 1.82) is 0 Å². The fourth-order valence-corrected chi connectivity index (χ4v) is 8.44. The first-order valence-electron chi connectivity index (χ1n) is 11.2. The lowest BCUT2D eigenvalue weighted by molar-refractivity contribution is -0.123. The molecule has 2 amide bonds. The van der Waals surface area contributed by atoms with Crippen molar-refractivity contribution in [3.63, 3.8) is 0 Å². The zero-order chi connectivity index (χ0) is 22.9. The Balaban J connectivity index is 1.44. The molecule has 32 heavy (non-hydrogen) atoms. The summed E-state index contributed by atoms with van der Waals surface area (Å²) in [5, 5.41) is 0. The van der Waals surface area contributed by atoms with Crippen LogP contribution in [0.5, 0.6) is 0 Å². The zero-order valence-corrected chi connectivity index (χ0v) is 20.3. The maximum absolute atomic E-state index is 13.0. The normalized spacial score (nSPS) is 29.0. The molecule has 3 N–H and O–H groups in total. The van der Waals surface area contributed by atoms with Gasteiger partial charge >= 0.3 is 6.09 Å². The standard InChI is InChI=1S/C21H30ClN3O5S2/c22-16-4-5-17(31-16)32(28,29)24-18-14-3-1-2-9-21(18,10-6-14)13-30-20(27)25-11-7-15(8-12-25)19(23)26/h4-5,14-15,18,24H,1-3,6-13H2,(H2,23,26)/t14-,18-,21+/m0/s1. The number of fused-ring (bicyclic) bond motifs is 2. The van der Waals surface area contributed by atoms with Crippen LogP contribution < -0.4 is 10.5 Å². The highest BCUT2D eigenvalue weighted by Crippen LogP contribution is 2.50. The van der Waals surface area contributed by atoms with Crippen molar-refractivity contribution in [2.45, 2.75) is 61.6 Å². The second-order valence-electron chi connectivity index (χ2n) is 9.28. The molecule has 1 aromatic heterocycles. The molecule has 1 aromatic rings. The Kier molecular flexibility index (Phi) is 7.05. The second kappa shape index (κ2) is 9.48. The van der Waals surface area contributed by atoms with Crippen LogP contribution in [0.15, 0.2) is 16.3 Å². The van der Waals surface area contributed by atoms with Crippen LogP contribution in [-0.2, 0) is 19.6 Å². The number of likely N-dealkylation sites (tertiary alicyclic amines) is 1. The van der Waals surface area contributed by atoms with Crippen LogP contribution in [0.1, 0.15) is 51.4 Å². The van der Waals surface area contributed by atoms with E-state index in [9.17, 15) is 18.0 Å². The number of piperidine rings is 1. The maximum Gasteiger partial charge on any atom is 0.409 e. The summed E-state index contributed by atoms with van der Waals surface area (Å²) in [7, 11) is -3.70. The van der Waals surface area contributed by atoms with Gasteiger partial charge in [0.05, 0.1) is 4.34 Å². The fraction of sp³-hybridized carbons (Fsp3) is 0.714. The Morgan fingerprint density at radius 1 is 1.19 bits per heavy atom. The van der Waals surface area contributed by atoms with Gasteiger partial charge in [-0.05, 0) is 56.6 Å². The van der Waals surface area contributed by atoms with Crippen LogP contribution in [0.2, 0.25) is 4.34 Å². The highest BCUT2D eigenvalue weighted by atomic mass is 35.5. The number of thiophene rings is 1. The summed E-state index contributed by atoms with van der Waals surface area (Å²) >= 11 is 7.00. The third-order valence-electron chi connectivity index (χ3n) is 7.38. The van der Waals surface area contributed by atoms with Gasteiger partial charge in [0.1, 0.15) is 10.8 Å². The summed E-state index contributed by atoms with van der Waals surface area (Å²) in [4.78, 5) is 25.7. The summed E-state index contributed by atoms with van der Waals surface area (Å²) in [6.45, 7) is 1.07. The average molecular weight is 504 g/mol. The quantitative estimate of drug-likeness (QED) is 0.617. The van der Waals surface area contributed by atoms with Crippen molar-refractivity contribution in [2.75, 3.05) is 19.7 Å². The van der Waals surface area contributed by atoms with Crippen LogP contribution in [0, 0.1) is 17.3 Å². The maximum atomic E-state index is 13.0. The van der Waals surface area contributed by atoms with Gasteiger partial charge in [-0.25, -0.2) is 17.9 Å².